The fourth-order valence-corrected chi connectivity index (χ4v) is 3.26. The normalized spacial score (nSPS) is 20.2. The highest BCUT2D eigenvalue weighted by atomic mass is 14.9. The zero-order chi connectivity index (χ0) is 14.1. The third-order valence-electron chi connectivity index (χ3n) is 4.52. The molecule has 0 aromatic rings. The van der Waals surface area contributed by atoms with Gasteiger partial charge in [-0.2, -0.15) is 0 Å². The first-order chi connectivity index (χ1) is 9.01. The Labute approximate surface area is 121 Å². The molecule has 1 aliphatic carbocycles. The van der Waals surface area contributed by atoms with Crippen LogP contribution in [0.15, 0.2) is 0 Å². The van der Waals surface area contributed by atoms with E-state index in [1.54, 1.807) is 0 Å². The SMILES string of the molecule is CCCNC(CCC(C)(C)C)CC1CCCCCC1. The highest BCUT2D eigenvalue weighted by Crippen LogP contribution is 2.29. The molecule has 19 heavy (non-hydrogen) atoms. The van der Waals surface area contributed by atoms with Crippen LogP contribution >= 0.6 is 0 Å². The predicted octanol–water partition coefficient (Wildman–Crippen LogP) is 5.54. The van der Waals surface area contributed by atoms with Crippen LogP contribution in [0.2, 0.25) is 0 Å². The Bertz CT molecular complexity index is 208. The van der Waals surface area contributed by atoms with E-state index in [9.17, 15) is 0 Å². The lowest BCUT2D eigenvalue weighted by atomic mass is 9.85. The van der Waals surface area contributed by atoms with Crippen molar-refractivity contribution in [2.24, 2.45) is 11.3 Å². The average Bonchev–Trinajstić information content (AvgIpc) is 2.60. The van der Waals surface area contributed by atoms with Crippen LogP contribution in [0.3, 0.4) is 0 Å². The molecule has 0 amide bonds. The summed E-state index contributed by atoms with van der Waals surface area (Å²) in [6, 6.07) is 0.766. The Hall–Kier alpha value is -0.0400. The Kier molecular flexibility index (Phi) is 8.06. The van der Waals surface area contributed by atoms with Crippen LogP contribution in [0.25, 0.3) is 0 Å². The molecule has 0 bridgehead atoms. The van der Waals surface area contributed by atoms with Gasteiger partial charge in [0, 0.05) is 6.04 Å². The topological polar surface area (TPSA) is 12.0 Å². The molecule has 1 rings (SSSR count). The molecule has 114 valence electrons. The summed E-state index contributed by atoms with van der Waals surface area (Å²) in [5.41, 5.74) is 0.482. The van der Waals surface area contributed by atoms with E-state index < -0.39 is 0 Å². The highest BCUT2D eigenvalue weighted by Gasteiger charge is 2.20. The minimum Gasteiger partial charge on any atom is -0.314 e. The lowest BCUT2D eigenvalue weighted by Gasteiger charge is -2.27. The third kappa shape index (κ3) is 8.68. The summed E-state index contributed by atoms with van der Waals surface area (Å²) >= 11 is 0. The standard InChI is InChI=1S/C18H37N/c1-5-14-19-17(12-13-18(2,3)4)15-16-10-8-6-7-9-11-16/h16-17,19H,5-15H2,1-4H3. The van der Waals surface area contributed by atoms with Gasteiger partial charge in [-0.3, -0.25) is 0 Å². The molecule has 1 aliphatic rings. The molecule has 1 nitrogen and oxygen atoms in total. The molecule has 0 aromatic carbocycles. The quantitative estimate of drug-likeness (QED) is 0.597. The van der Waals surface area contributed by atoms with Gasteiger partial charge in [-0.05, 0) is 43.6 Å². The van der Waals surface area contributed by atoms with Crippen molar-refractivity contribution in [3.05, 3.63) is 0 Å². The van der Waals surface area contributed by atoms with E-state index in [0.717, 1.165) is 12.0 Å². The fourth-order valence-electron chi connectivity index (χ4n) is 3.26. The second-order valence-corrected chi connectivity index (χ2v) is 7.84. The van der Waals surface area contributed by atoms with Gasteiger partial charge in [0.2, 0.25) is 0 Å². The van der Waals surface area contributed by atoms with Crippen LogP contribution in [0.5, 0.6) is 0 Å². The van der Waals surface area contributed by atoms with Crippen LogP contribution in [0.1, 0.15) is 91.9 Å². The Morgan fingerprint density at radius 2 is 1.68 bits per heavy atom. The molecule has 1 unspecified atom stereocenters. The van der Waals surface area contributed by atoms with Crippen LogP contribution in [-0.2, 0) is 0 Å². The molecule has 0 spiro atoms. The van der Waals surface area contributed by atoms with Crippen molar-refractivity contribution in [1.29, 1.82) is 0 Å². The zero-order valence-corrected chi connectivity index (χ0v) is 13.9. The maximum Gasteiger partial charge on any atom is 0.00698 e. The van der Waals surface area contributed by atoms with Crippen molar-refractivity contribution in [2.75, 3.05) is 6.54 Å². The van der Waals surface area contributed by atoms with E-state index in [1.807, 2.05) is 0 Å². The van der Waals surface area contributed by atoms with Crippen LogP contribution < -0.4 is 5.32 Å². The number of hydrogen-bond donors (Lipinski definition) is 1. The summed E-state index contributed by atoms with van der Waals surface area (Å²) in [5.74, 6) is 0.997. The van der Waals surface area contributed by atoms with Gasteiger partial charge >= 0.3 is 0 Å². The lowest BCUT2D eigenvalue weighted by Crippen LogP contribution is -2.32. The van der Waals surface area contributed by atoms with Crippen LogP contribution in [0, 0.1) is 11.3 Å². The molecule has 1 fully saturated rings. The number of hydrogen-bond acceptors (Lipinski definition) is 1. The van der Waals surface area contributed by atoms with E-state index in [-0.39, 0.29) is 0 Å². The summed E-state index contributed by atoms with van der Waals surface area (Å²) < 4.78 is 0. The van der Waals surface area contributed by atoms with E-state index >= 15 is 0 Å². The summed E-state index contributed by atoms with van der Waals surface area (Å²) in [6.07, 6.45) is 14.3. The summed E-state index contributed by atoms with van der Waals surface area (Å²) in [6.45, 7) is 10.6. The Balaban J connectivity index is 2.38. The highest BCUT2D eigenvalue weighted by molar-refractivity contribution is 4.76. The molecule has 0 aliphatic heterocycles. The van der Waals surface area contributed by atoms with Gasteiger partial charge in [-0.25, -0.2) is 0 Å². The van der Waals surface area contributed by atoms with Crippen molar-refractivity contribution < 1.29 is 0 Å². The molecule has 1 atom stereocenters. The molecule has 0 heterocycles. The van der Waals surface area contributed by atoms with Crippen molar-refractivity contribution in [1.82, 2.24) is 5.32 Å². The van der Waals surface area contributed by atoms with E-state index in [4.69, 9.17) is 0 Å². The fraction of sp³-hybridized carbons (Fsp3) is 1.00. The van der Waals surface area contributed by atoms with Gasteiger partial charge in [-0.15, -0.1) is 0 Å². The first-order valence-corrected chi connectivity index (χ1v) is 8.74. The van der Waals surface area contributed by atoms with E-state index in [2.05, 4.69) is 33.0 Å². The summed E-state index contributed by atoms with van der Waals surface area (Å²) in [7, 11) is 0. The molecule has 1 heteroatoms. The van der Waals surface area contributed by atoms with E-state index in [0.29, 0.717) is 5.41 Å². The maximum absolute atomic E-state index is 3.81. The molecule has 1 saturated carbocycles. The first kappa shape index (κ1) is 17.0. The Morgan fingerprint density at radius 3 is 2.21 bits per heavy atom. The second-order valence-electron chi connectivity index (χ2n) is 7.84. The van der Waals surface area contributed by atoms with Crippen molar-refractivity contribution in [3.63, 3.8) is 0 Å². The van der Waals surface area contributed by atoms with Gasteiger partial charge in [0.1, 0.15) is 0 Å². The molecular formula is C18H37N. The van der Waals surface area contributed by atoms with Gasteiger partial charge in [0.25, 0.3) is 0 Å². The second kappa shape index (κ2) is 9.00. The van der Waals surface area contributed by atoms with Crippen molar-refractivity contribution in [3.8, 4) is 0 Å². The average molecular weight is 268 g/mol. The monoisotopic (exact) mass is 267 g/mol. The summed E-state index contributed by atoms with van der Waals surface area (Å²) in [5, 5.41) is 3.81. The van der Waals surface area contributed by atoms with E-state index in [1.165, 1.54) is 70.8 Å². The lowest BCUT2D eigenvalue weighted by molar-refractivity contribution is 0.289. The molecule has 1 N–H and O–H groups in total. The Morgan fingerprint density at radius 1 is 1.05 bits per heavy atom. The zero-order valence-electron chi connectivity index (χ0n) is 13.9. The smallest absolute Gasteiger partial charge is 0.00698 e. The molecular weight excluding hydrogens is 230 g/mol. The summed E-state index contributed by atoms with van der Waals surface area (Å²) in [4.78, 5) is 0. The van der Waals surface area contributed by atoms with Gasteiger partial charge in [0.15, 0.2) is 0 Å². The molecule has 0 radical (unpaired) electrons. The number of nitrogens with one attached hydrogen (secondary N) is 1. The van der Waals surface area contributed by atoms with Gasteiger partial charge < -0.3 is 5.32 Å². The number of rotatable bonds is 7. The van der Waals surface area contributed by atoms with Crippen molar-refractivity contribution >= 4 is 0 Å². The first-order valence-electron chi connectivity index (χ1n) is 8.74. The predicted molar refractivity (Wildman–Crippen MR) is 86.6 cm³/mol. The molecule has 0 aromatic heterocycles. The molecule has 0 saturated heterocycles. The van der Waals surface area contributed by atoms with Crippen molar-refractivity contribution in [2.45, 2.75) is 97.9 Å². The largest absolute Gasteiger partial charge is 0.314 e. The van der Waals surface area contributed by atoms with Gasteiger partial charge in [0.05, 0.1) is 0 Å². The van der Waals surface area contributed by atoms with Crippen LogP contribution in [0.4, 0.5) is 0 Å². The maximum atomic E-state index is 3.81. The third-order valence-corrected chi connectivity index (χ3v) is 4.52. The minimum absolute atomic E-state index is 0.482. The van der Waals surface area contributed by atoms with Crippen LogP contribution in [-0.4, -0.2) is 12.6 Å². The minimum atomic E-state index is 0.482. The van der Waals surface area contributed by atoms with Gasteiger partial charge in [-0.1, -0.05) is 66.2 Å².